The molecule has 0 saturated heterocycles. The molecule has 6 nitrogen and oxygen atoms in total. The number of unbranched alkanes of at least 4 members (excludes halogenated alkanes) is 41. The summed E-state index contributed by atoms with van der Waals surface area (Å²) in [7, 11) is 0. The number of esters is 3. The van der Waals surface area contributed by atoms with E-state index < -0.39 is 6.10 Å². The molecular formula is C65H120O6. The van der Waals surface area contributed by atoms with Gasteiger partial charge in [-0.1, -0.05) is 282 Å². The molecule has 0 spiro atoms. The van der Waals surface area contributed by atoms with Crippen molar-refractivity contribution in [3.8, 4) is 0 Å². The van der Waals surface area contributed by atoms with Crippen LogP contribution in [0.25, 0.3) is 0 Å². The van der Waals surface area contributed by atoms with Gasteiger partial charge in [0.2, 0.25) is 0 Å². The first-order valence-electron chi connectivity index (χ1n) is 31.5. The first-order valence-corrected chi connectivity index (χ1v) is 31.5. The smallest absolute Gasteiger partial charge is 0.306 e. The van der Waals surface area contributed by atoms with Gasteiger partial charge in [-0.2, -0.15) is 0 Å². The first kappa shape index (κ1) is 68.6. The fraction of sp³-hybridized carbons (Fsp3) is 0.862. The van der Waals surface area contributed by atoms with Crippen molar-refractivity contribution in [1.29, 1.82) is 0 Å². The topological polar surface area (TPSA) is 78.9 Å². The van der Waals surface area contributed by atoms with Crippen molar-refractivity contribution in [2.45, 2.75) is 348 Å². The summed E-state index contributed by atoms with van der Waals surface area (Å²) in [5, 5.41) is 0. The Morgan fingerprint density at radius 2 is 0.507 bits per heavy atom. The average molecular weight is 998 g/mol. The third kappa shape index (κ3) is 58.4. The average Bonchev–Trinajstić information content (AvgIpc) is 3.37. The standard InChI is InChI=1S/C65H120O6/c1-4-7-10-13-16-19-22-25-28-31-32-35-37-40-43-46-49-52-55-58-64(67)70-61-62(71-65(68)59-56-53-50-47-44-41-38-34-30-27-24-21-18-15-12-9-6-3)60-69-63(66)57-54-51-48-45-42-39-36-33-29-26-23-20-17-14-11-8-5-2/h18,21,25,27-28,30,62H,4-17,19-20,22-24,26,29,31-61H2,1-3H3/b21-18-,28-25-,30-27-. The van der Waals surface area contributed by atoms with E-state index in [2.05, 4.69) is 57.2 Å². The second-order valence-electron chi connectivity index (χ2n) is 21.3. The Morgan fingerprint density at radius 3 is 0.817 bits per heavy atom. The predicted octanol–water partition coefficient (Wildman–Crippen LogP) is 21.2. The van der Waals surface area contributed by atoms with Gasteiger partial charge >= 0.3 is 17.9 Å². The summed E-state index contributed by atoms with van der Waals surface area (Å²) in [5.41, 5.74) is 0. The summed E-state index contributed by atoms with van der Waals surface area (Å²) in [5.74, 6) is -0.859. The molecule has 0 amide bonds. The molecule has 0 fully saturated rings. The van der Waals surface area contributed by atoms with Crippen LogP contribution in [0.15, 0.2) is 36.5 Å². The lowest BCUT2D eigenvalue weighted by molar-refractivity contribution is -0.167. The van der Waals surface area contributed by atoms with Crippen molar-refractivity contribution in [3.05, 3.63) is 36.5 Å². The van der Waals surface area contributed by atoms with E-state index in [0.29, 0.717) is 19.3 Å². The minimum atomic E-state index is -0.775. The molecule has 0 heterocycles. The van der Waals surface area contributed by atoms with Crippen LogP contribution in [0.3, 0.4) is 0 Å². The maximum Gasteiger partial charge on any atom is 0.306 e. The number of hydrogen-bond acceptors (Lipinski definition) is 6. The molecule has 416 valence electrons. The lowest BCUT2D eigenvalue weighted by Gasteiger charge is -2.18. The SMILES string of the molecule is CCCCC/C=C\C/C=C\CCCCCCCCCC(=O)OC(COC(=O)CCCCCCCCCCC/C=C\CCCCCCCC)COC(=O)CCCCCCCCCCCCCCCCCCC. The van der Waals surface area contributed by atoms with Crippen LogP contribution in [-0.4, -0.2) is 37.2 Å². The summed E-state index contributed by atoms with van der Waals surface area (Å²) >= 11 is 0. The largest absolute Gasteiger partial charge is 0.462 e. The number of carbonyl (C=O) groups excluding carboxylic acids is 3. The summed E-state index contributed by atoms with van der Waals surface area (Å²) in [4.78, 5) is 38.3. The number of ether oxygens (including phenoxy) is 3. The molecule has 0 aromatic carbocycles. The maximum atomic E-state index is 12.9. The highest BCUT2D eigenvalue weighted by Crippen LogP contribution is 2.17. The van der Waals surface area contributed by atoms with Crippen LogP contribution in [0.2, 0.25) is 0 Å². The number of rotatable bonds is 58. The van der Waals surface area contributed by atoms with E-state index in [1.54, 1.807) is 0 Å². The molecule has 0 bridgehead atoms. The molecule has 0 saturated carbocycles. The third-order valence-corrected chi connectivity index (χ3v) is 14.1. The summed E-state index contributed by atoms with van der Waals surface area (Å²) in [6.07, 6.45) is 72.8. The molecule has 0 aliphatic rings. The Labute approximate surface area is 442 Å². The number of hydrogen-bond donors (Lipinski definition) is 0. The normalized spacial score (nSPS) is 12.2. The van der Waals surface area contributed by atoms with Crippen molar-refractivity contribution in [2.75, 3.05) is 13.2 Å². The van der Waals surface area contributed by atoms with Crippen molar-refractivity contribution < 1.29 is 28.6 Å². The second kappa shape index (κ2) is 60.2. The van der Waals surface area contributed by atoms with Gasteiger partial charge in [-0.3, -0.25) is 14.4 Å². The Bertz CT molecular complexity index is 1190. The van der Waals surface area contributed by atoms with Crippen LogP contribution < -0.4 is 0 Å². The summed E-state index contributed by atoms with van der Waals surface area (Å²) < 4.78 is 16.9. The van der Waals surface area contributed by atoms with Gasteiger partial charge in [0.05, 0.1) is 0 Å². The van der Waals surface area contributed by atoms with Gasteiger partial charge in [-0.05, 0) is 77.0 Å². The summed E-state index contributed by atoms with van der Waals surface area (Å²) in [6.45, 7) is 6.66. The number of allylic oxidation sites excluding steroid dienone is 6. The highest BCUT2D eigenvalue weighted by atomic mass is 16.6. The zero-order valence-electron chi connectivity index (χ0n) is 47.8. The van der Waals surface area contributed by atoms with E-state index in [1.165, 1.54) is 231 Å². The minimum Gasteiger partial charge on any atom is -0.462 e. The molecule has 0 radical (unpaired) electrons. The maximum absolute atomic E-state index is 12.9. The lowest BCUT2D eigenvalue weighted by Crippen LogP contribution is -2.30. The van der Waals surface area contributed by atoms with Crippen LogP contribution in [0.4, 0.5) is 0 Å². The van der Waals surface area contributed by atoms with Gasteiger partial charge in [-0.15, -0.1) is 0 Å². The molecule has 0 aliphatic carbocycles. The van der Waals surface area contributed by atoms with Crippen LogP contribution >= 0.6 is 0 Å². The Hall–Kier alpha value is -2.37. The van der Waals surface area contributed by atoms with Crippen molar-refractivity contribution in [1.82, 2.24) is 0 Å². The Morgan fingerprint density at radius 1 is 0.282 bits per heavy atom. The van der Waals surface area contributed by atoms with Crippen LogP contribution in [-0.2, 0) is 28.6 Å². The highest BCUT2D eigenvalue weighted by Gasteiger charge is 2.19. The molecule has 6 heteroatoms. The quantitative estimate of drug-likeness (QED) is 0.0261. The fourth-order valence-corrected chi connectivity index (χ4v) is 9.35. The Kier molecular flexibility index (Phi) is 58.2. The first-order chi connectivity index (χ1) is 35.0. The molecule has 71 heavy (non-hydrogen) atoms. The van der Waals surface area contributed by atoms with Crippen molar-refractivity contribution in [2.24, 2.45) is 0 Å². The van der Waals surface area contributed by atoms with Crippen molar-refractivity contribution in [3.63, 3.8) is 0 Å². The molecule has 1 atom stereocenters. The van der Waals surface area contributed by atoms with Crippen LogP contribution in [0.1, 0.15) is 342 Å². The van der Waals surface area contributed by atoms with E-state index in [9.17, 15) is 14.4 Å². The van der Waals surface area contributed by atoms with Gasteiger partial charge in [0.15, 0.2) is 6.10 Å². The van der Waals surface area contributed by atoms with Crippen LogP contribution in [0, 0.1) is 0 Å². The third-order valence-electron chi connectivity index (χ3n) is 14.1. The molecule has 0 N–H and O–H groups in total. The molecular weight excluding hydrogens is 877 g/mol. The van der Waals surface area contributed by atoms with E-state index in [4.69, 9.17) is 14.2 Å². The molecule has 0 aliphatic heterocycles. The zero-order valence-corrected chi connectivity index (χ0v) is 47.8. The summed E-state index contributed by atoms with van der Waals surface area (Å²) in [6, 6.07) is 0. The Balaban J connectivity index is 4.34. The van der Waals surface area contributed by atoms with Crippen LogP contribution in [0.5, 0.6) is 0 Å². The molecule has 0 aromatic heterocycles. The van der Waals surface area contributed by atoms with Gasteiger partial charge in [-0.25, -0.2) is 0 Å². The molecule has 1 unspecified atom stereocenters. The van der Waals surface area contributed by atoms with E-state index in [0.717, 1.165) is 70.6 Å². The van der Waals surface area contributed by atoms with Gasteiger partial charge < -0.3 is 14.2 Å². The lowest BCUT2D eigenvalue weighted by atomic mass is 10.0. The van der Waals surface area contributed by atoms with Gasteiger partial charge in [0, 0.05) is 19.3 Å². The zero-order chi connectivity index (χ0) is 51.4. The monoisotopic (exact) mass is 997 g/mol. The molecule has 0 rings (SSSR count). The second-order valence-corrected chi connectivity index (χ2v) is 21.3. The fourth-order valence-electron chi connectivity index (χ4n) is 9.35. The van der Waals surface area contributed by atoms with E-state index in [1.807, 2.05) is 0 Å². The molecule has 0 aromatic rings. The number of carbonyl (C=O) groups is 3. The minimum absolute atomic E-state index is 0.0717. The van der Waals surface area contributed by atoms with Crippen molar-refractivity contribution >= 4 is 17.9 Å². The van der Waals surface area contributed by atoms with E-state index >= 15 is 0 Å². The van der Waals surface area contributed by atoms with Gasteiger partial charge in [0.25, 0.3) is 0 Å². The predicted molar refractivity (Wildman–Crippen MR) is 307 cm³/mol. The van der Waals surface area contributed by atoms with Gasteiger partial charge in [0.1, 0.15) is 13.2 Å². The van der Waals surface area contributed by atoms with E-state index in [-0.39, 0.29) is 31.1 Å². The highest BCUT2D eigenvalue weighted by molar-refractivity contribution is 5.71.